The molecule has 5 nitrogen and oxygen atoms in total. The van der Waals surface area contributed by atoms with Gasteiger partial charge in [0.15, 0.2) is 5.82 Å². The van der Waals surface area contributed by atoms with Gasteiger partial charge in [0.25, 0.3) is 0 Å². The first-order valence-corrected chi connectivity index (χ1v) is 5.78. The summed E-state index contributed by atoms with van der Waals surface area (Å²) in [6, 6.07) is 12.8. The van der Waals surface area contributed by atoms with Crippen molar-refractivity contribution in [3.8, 4) is 17.1 Å². The van der Waals surface area contributed by atoms with Gasteiger partial charge in [-0.3, -0.25) is 4.40 Å². The van der Waals surface area contributed by atoms with Crippen LogP contribution in [-0.4, -0.2) is 21.5 Å². The minimum Gasteiger partial charge on any atom is -0.497 e. The van der Waals surface area contributed by atoms with Crippen LogP contribution in [0.2, 0.25) is 0 Å². The van der Waals surface area contributed by atoms with Crippen LogP contribution in [0.4, 0.5) is 0 Å². The molecule has 2 aromatic heterocycles. The fourth-order valence-electron chi connectivity index (χ4n) is 1.84. The van der Waals surface area contributed by atoms with Crippen molar-refractivity contribution in [3.63, 3.8) is 0 Å². The third-order valence-electron chi connectivity index (χ3n) is 2.80. The number of rotatable bonds is 2. The summed E-state index contributed by atoms with van der Waals surface area (Å²) in [4.78, 5) is 20.3. The predicted molar refractivity (Wildman–Crippen MR) is 71.2 cm³/mol. The lowest BCUT2D eigenvalue weighted by Crippen LogP contribution is -2.19. The van der Waals surface area contributed by atoms with Crippen LogP contribution in [0.15, 0.2) is 53.5 Å². The zero-order valence-corrected chi connectivity index (χ0v) is 10.3. The molecule has 0 bridgehead atoms. The van der Waals surface area contributed by atoms with E-state index in [2.05, 4.69) is 9.97 Å². The molecule has 0 N–H and O–H groups in total. The minimum atomic E-state index is -0.355. The van der Waals surface area contributed by atoms with Crippen LogP contribution in [0.3, 0.4) is 0 Å². The van der Waals surface area contributed by atoms with Crippen LogP contribution < -0.4 is 10.4 Å². The molecule has 2 heterocycles. The van der Waals surface area contributed by atoms with E-state index in [4.69, 9.17) is 4.74 Å². The summed E-state index contributed by atoms with van der Waals surface area (Å²) in [7, 11) is 1.57. The molecular formula is C14H11N3O2. The summed E-state index contributed by atoms with van der Waals surface area (Å²) in [6.45, 7) is 0. The summed E-state index contributed by atoms with van der Waals surface area (Å²) >= 11 is 0. The number of ether oxygens (including phenoxy) is 1. The van der Waals surface area contributed by atoms with Crippen LogP contribution in [0.25, 0.3) is 17.0 Å². The fourth-order valence-corrected chi connectivity index (χ4v) is 1.84. The first-order chi connectivity index (χ1) is 9.28. The molecule has 0 radical (unpaired) electrons. The molecule has 0 atom stereocenters. The van der Waals surface area contributed by atoms with Crippen molar-refractivity contribution in [3.05, 3.63) is 59.1 Å². The monoisotopic (exact) mass is 253 g/mol. The van der Waals surface area contributed by atoms with E-state index in [1.165, 1.54) is 4.40 Å². The summed E-state index contributed by atoms with van der Waals surface area (Å²) < 4.78 is 6.52. The van der Waals surface area contributed by atoms with Crippen molar-refractivity contribution in [1.82, 2.24) is 14.4 Å². The Labute approximate surface area is 109 Å². The molecule has 0 aliphatic rings. The highest BCUT2D eigenvalue weighted by molar-refractivity contribution is 5.57. The van der Waals surface area contributed by atoms with E-state index in [0.29, 0.717) is 17.2 Å². The number of hydrogen-bond acceptors (Lipinski definition) is 4. The molecule has 0 amide bonds. The average Bonchev–Trinajstić information content (AvgIpc) is 2.47. The van der Waals surface area contributed by atoms with Gasteiger partial charge in [0, 0.05) is 17.8 Å². The largest absolute Gasteiger partial charge is 0.497 e. The average molecular weight is 253 g/mol. The number of methoxy groups -OCH3 is 1. The molecule has 0 saturated carbocycles. The lowest BCUT2D eigenvalue weighted by Gasteiger charge is -2.05. The van der Waals surface area contributed by atoms with E-state index >= 15 is 0 Å². The zero-order valence-electron chi connectivity index (χ0n) is 10.3. The van der Waals surface area contributed by atoms with E-state index in [1.54, 1.807) is 25.4 Å². The smallest absolute Gasteiger partial charge is 0.355 e. The summed E-state index contributed by atoms with van der Waals surface area (Å²) in [5.74, 6) is 1.07. The van der Waals surface area contributed by atoms with Gasteiger partial charge in [0.05, 0.1) is 7.11 Å². The molecule has 0 aliphatic carbocycles. The Hall–Kier alpha value is -2.69. The fraction of sp³-hybridized carbons (Fsp3) is 0.0714. The van der Waals surface area contributed by atoms with Crippen LogP contribution in [0.5, 0.6) is 5.75 Å². The second kappa shape index (κ2) is 4.53. The molecular weight excluding hydrogens is 242 g/mol. The number of benzene rings is 1. The van der Waals surface area contributed by atoms with Gasteiger partial charge in [-0.1, -0.05) is 30.3 Å². The molecule has 0 aliphatic heterocycles. The van der Waals surface area contributed by atoms with Gasteiger partial charge in [0.2, 0.25) is 0 Å². The van der Waals surface area contributed by atoms with Crippen molar-refractivity contribution >= 4 is 5.65 Å². The molecule has 3 aromatic rings. The highest BCUT2D eigenvalue weighted by Crippen LogP contribution is 2.15. The Morgan fingerprint density at radius 1 is 1.11 bits per heavy atom. The lowest BCUT2D eigenvalue weighted by atomic mass is 10.2. The van der Waals surface area contributed by atoms with Gasteiger partial charge in [-0.05, 0) is 6.07 Å². The SMILES string of the molecule is COc1ccn2c(=O)nc(-c3ccccc3)nc2c1. The first kappa shape index (κ1) is 11.4. The molecule has 0 spiro atoms. The summed E-state index contributed by atoms with van der Waals surface area (Å²) in [6.07, 6.45) is 1.60. The van der Waals surface area contributed by atoms with Crippen molar-refractivity contribution in [2.24, 2.45) is 0 Å². The van der Waals surface area contributed by atoms with Crippen LogP contribution >= 0.6 is 0 Å². The molecule has 0 fully saturated rings. The maximum absolute atomic E-state index is 11.9. The Balaban J connectivity index is 2.26. The third-order valence-corrected chi connectivity index (χ3v) is 2.80. The Bertz CT molecular complexity index is 782. The number of hydrogen-bond donors (Lipinski definition) is 0. The van der Waals surface area contributed by atoms with E-state index in [9.17, 15) is 4.79 Å². The van der Waals surface area contributed by atoms with Gasteiger partial charge in [0.1, 0.15) is 11.4 Å². The van der Waals surface area contributed by atoms with E-state index < -0.39 is 0 Å². The van der Waals surface area contributed by atoms with Gasteiger partial charge in [-0.25, -0.2) is 9.78 Å². The highest BCUT2D eigenvalue weighted by Gasteiger charge is 2.06. The first-order valence-electron chi connectivity index (χ1n) is 5.78. The van der Waals surface area contributed by atoms with Crippen LogP contribution in [0, 0.1) is 0 Å². The summed E-state index contributed by atoms with van der Waals surface area (Å²) in [5, 5.41) is 0. The molecule has 0 saturated heterocycles. The molecule has 0 unspecified atom stereocenters. The van der Waals surface area contributed by atoms with Crippen LogP contribution in [-0.2, 0) is 0 Å². The number of pyridine rings is 1. The maximum Gasteiger partial charge on any atom is 0.355 e. The van der Waals surface area contributed by atoms with Gasteiger partial charge in [-0.15, -0.1) is 0 Å². The second-order valence-electron chi connectivity index (χ2n) is 3.99. The van der Waals surface area contributed by atoms with E-state index in [-0.39, 0.29) is 5.69 Å². The van der Waals surface area contributed by atoms with Gasteiger partial charge >= 0.3 is 5.69 Å². The normalized spacial score (nSPS) is 10.6. The van der Waals surface area contributed by atoms with E-state index in [0.717, 1.165) is 5.56 Å². The Morgan fingerprint density at radius 2 is 1.89 bits per heavy atom. The maximum atomic E-state index is 11.9. The Kier molecular flexibility index (Phi) is 2.72. The molecule has 3 rings (SSSR count). The third kappa shape index (κ3) is 2.06. The number of fused-ring (bicyclic) bond motifs is 1. The quantitative estimate of drug-likeness (QED) is 0.698. The molecule has 94 valence electrons. The topological polar surface area (TPSA) is 56.5 Å². The molecule has 19 heavy (non-hydrogen) atoms. The summed E-state index contributed by atoms with van der Waals surface area (Å²) in [5.41, 5.74) is 0.967. The minimum absolute atomic E-state index is 0.355. The highest BCUT2D eigenvalue weighted by atomic mass is 16.5. The van der Waals surface area contributed by atoms with Crippen molar-refractivity contribution in [2.45, 2.75) is 0 Å². The Morgan fingerprint density at radius 3 is 2.63 bits per heavy atom. The zero-order chi connectivity index (χ0) is 13.2. The van der Waals surface area contributed by atoms with Crippen molar-refractivity contribution < 1.29 is 4.74 Å². The van der Waals surface area contributed by atoms with Crippen molar-refractivity contribution in [1.29, 1.82) is 0 Å². The number of aromatic nitrogens is 3. The number of nitrogens with zero attached hydrogens (tertiary/aromatic N) is 3. The van der Waals surface area contributed by atoms with Gasteiger partial charge < -0.3 is 4.74 Å². The van der Waals surface area contributed by atoms with Gasteiger partial charge in [-0.2, -0.15) is 4.98 Å². The second-order valence-corrected chi connectivity index (χ2v) is 3.99. The molecule has 5 heteroatoms. The van der Waals surface area contributed by atoms with Crippen molar-refractivity contribution in [2.75, 3.05) is 7.11 Å². The standard InChI is InChI=1S/C14H11N3O2/c1-19-11-7-8-17-12(9-11)15-13(16-14(17)18)10-5-3-2-4-6-10/h2-9H,1H3. The lowest BCUT2D eigenvalue weighted by molar-refractivity contribution is 0.414. The van der Waals surface area contributed by atoms with E-state index in [1.807, 2.05) is 30.3 Å². The van der Waals surface area contributed by atoms with Crippen LogP contribution in [0.1, 0.15) is 0 Å². The molecule has 1 aromatic carbocycles. The predicted octanol–water partition coefficient (Wildman–Crippen LogP) is 1.77.